The topological polar surface area (TPSA) is 9.23 Å². The Bertz CT molecular complexity index is 54.0. The van der Waals surface area contributed by atoms with E-state index in [-0.39, 0.29) is 5.01 Å². The van der Waals surface area contributed by atoms with E-state index >= 15 is 0 Å². The van der Waals surface area contributed by atoms with Crippen molar-refractivity contribution in [2.75, 3.05) is 6.61 Å². The van der Waals surface area contributed by atoms with Crippen LogP contribution in [-0.4, -0.2) is 11.6 Å². The Morgan fingerprint density at radius 1 is 2.00 bits per heavy atom. The fourth-order valence-corrected chi connectivity index (χ4v) is 0.492. The van der Waals surface area contributed by atoms with E-state index in [4.69, 9.17) is 4.74 Å². The third-order valence-corrected chi connectivity index (χ3v) is 1.15. The van der Waals surface area contributed by atoms with Crippen LogP contribution >= 0.6 is 15.9 Å². The fourth-order valence-electron chi connectivity index (χ4n) is 0.227. The SMILES string of the molecule is C=CC(Br)OCC. The van der Waals surface area contributed by atoms with Crippen molar-refractivity contribution in [3.63, 3.8) is 0 Å². The maximum atomic E-state index is 4.99. The van der Waals surface area contributed by atoms with Crippen molar-refractivity contribution in [1.29, 1.82) is 0 Å². The van der Waals surface area contributed by atoms with Gasteiger partial charge >= 0.3 is 0 Å². The average molecular weight is 165 g/mol. The summed E-state index contributed by atoms with van der Waals surface area (Å²) in [4.78, 5) is 0. The third-order valence-electron chi connectivity index (χ3n) is 0.511. The summed E-state index contributed by atoms with van der Waals surface area (Å²) in [6.07, 6.45) is 1.70. The number of alkyl halides is 1. The van der Waals surface area contributed by atoms with E-state index in [1.165, 1.54) is 0 Å². The van der Waals surface area contributed by atoms with Crippen LogP contribution in [0.15, 0.2) is 12.7 Å². The highest BCUT2D eigenvalue weighted by Gasteiger charge is 1.90. The molecule has 0 rings (SSSR count). The number of hydrogen-bond acceptors (Lipinski definition) is 1. The molecule has 0 aliphatic carbocycles. The summed E-state index contributed by atoms with van der Waals surface area (Å²) >= 11 is 3.20. The number of ether oxygens (including phenoxy) is 1. The molecule has 0 spiro atoms. The minimum atomic E-state index is 0.0255. The smallest absolute Gasteiger partial charge is 0.130 e. The van der Waals surface area contributed by atoms with Gasteiger partial charge in [0.25, 0.3) is 0 Å². The van der Waals surface area contributed by atoms with E-state index in [0.717, 1.165) is 6.61 Å². The lowest BCUT2D eigenvalue weighted by molar-refractivity contribution is 0.159. The van der Waals surface area contributed by atoms with Crippen LogP contribution in [0.3, 0.4) is 0 Å². The lowest BCUT2D eigenvalue weighted by Crippen LogP contribution is -1.97. The summed E-state index contributed by atoms with van der Waals surface area (Å²) in [5.74, 6) is 0. The maximum Gasteiger partial charge on any atom is 0.130 e. The lowest BCUT2D eigenvalue weighted by Gasteiger charge is -2.00. The van der Waals surface area contributed by atoms with E-state index in [1.807, 2.05) is 6.92 Å². The van der Waals surface area contributed by atoms with E-state index in [0.29, 0.717) is 0 Å². The van der Waals surface area contributed by atoms with Gasteiger partial charge in [-0.1, -0.05) is 28.6 Å². The van der Waals surface area contributed by atoms with Gasteiger partial charge in [0.1, 0.15) is 5.01 Å². The summed E-state index contributed by atoms with van der Waals surface area (Å²) in [6.45, 7) is 6.17. The Morgan fingerprint density at radius 3 is 2.71 bits per heavy atom. The highest BCUT2D eigenvalue weighted by Crippen LogP contribution is 2.00. The van der Waals surface area contributed by atoms with Gasteiger partial charge in [0, 0.05) is 6.61 Å². The quantitative estimate of drug-likeness (QED) is 0.458. The first-order valence-electron chi connectivity index (χ1n) is 2.19. The Labute approximate surface area is 52.5 Å². The lowest BCUT2D eigenvalue weighted by atomic mass is 10.7. The molecule has 0 radical (unpaired) electrons. The van der Waals surface area contributed by atoms with Crippen LogP contribution in [0.4, 0.5) is 0 Å². The average Bonchev–Trinajstić information content (AvgIpc) is 1.68. The second kappa shape index (κ2) is 4.34. The number of halogens is 1. The summed E-state index contributed by atoms with van der Waals surface area (Å²) < 4.78 is 4.99. The molecular formula is C5H9BrO. The molecule has 2 heteroatoms. The van der Waals surface area contributed by atoms with Gasteiger partial charge in [-0.25, -0.2) is 0 Å². The zero-order valence-corrected chi connectivity index (χ0v) is 5.94. The normalized spacial score (nSPS) is 13.4. The Morgan fingerprint density at radius 2 is 2.57 bits per heavy atom. The van der Waals surface area contributed by atoms with E-state index in [1.54, 1.807) is 6.08 Å². The summed E-state index contributed by atoms with van der Waals surface area (Å²) in [5.41, 5.74) is 0. The molecule has 0 aromatic heterocycles. The first-order valence-corrected chi connectivity index (χ1v) is 3.11. The maximum absolute atomic E-state index is 4.99. The third kappa shape index (κ3) is 4.02. The monoisotopic (exact) mass is 164 g/mol. The first kappa shape index (κ1) is 7.18. The van der Waals surface area contributed by atoms with Crippen molar-refractivity contribution in [3.05, 3.63) is 12.7 Å². The van der Waals surface area contributed by atoms with Gasteiger partial charge in [-0.2, -0.15) is 0 Å². The molecule has 0 aliphatic rings. The number of hydrogen-bond donors (Lipinski definition) is 0. The molecule has 1 atom stereocenters. The molecule has 0 aromatic carbocycles. The van der Waals surface area contributed by atoms with Crippen molar-refractivity contribution in [3.8, 4) is 0 Å². The molecule has 0 aromatic rings. The van der Waals surface area contributed by atoms with Crippen LogP contribution in [0.25, 0.3) is 0 Å². The highest BCUT2D eigenvalue weighted by molar-refractivity contribution is 9.09. The molecule has 0 heterocycles. The Kier molecular flexibility index (Phi) is 4.45. The highest BCUT2D eigenvalue weighted by atomic mass is 79.9. The van der Waals surface area contributed by atoms with Gasteiger partial charge in [-0.05, 0) is 6.92 Å². The first-order chi connectivity index (χ1) is 3.31. The largest absolute Gasteiger partial charge is 0.363 e. The van der Waals surface area contributed by atoms with Gasteiger partial charge in [0.2, 0.25) is 0 Å². The summed E-state index contributed by atoms with van der Waals surface area (Å²) in [5, 5.41) is 0.0255. The van der Waals surface area contributed by atoms with E-state index in [9.17, 15) is 0 Å². The molecule has 0 amide bonds. The Hall–Kier alpha value is 0.180. The standard InChI is InChI=1S/C5H9BrO/c1-3-5(6)7-4-2/h3,5H,1,4H2,2H3. The minimum absolute atomic E-state index is 0.0255. The second-order valence-electron chi connectivity index (χ2n) is 1.04. The van der Waals surface area contributed by atoms with Crippen LogP contribution in [0.5, 0.6) is 0 Å². The molecule has 0 bridgehead atoms. The van der Waals surface area contributed by atoms with Crippen molar-refractivity contribution in [1.82, 2.24) is 0 Å². The fraction of sp³-hybridized carbons (Fsp3) is 0.600. The molecule has 7 heavy (non-hydrogen) atoms. The van der Waals surface area contributed by atoms with Crippen molar-refractivity contribution >= 4 is 15.9 Å². The Balaban J connectivity index is 2.98. The van der Waals surface area contributed by atoms with Gasteiger partial charge in [-0.15, -0.1) is 0 Å². The van der Waals surface area contributed by atoms with Gasteiger partial charge in [0.15, 0.2) is 0 Å². The predicted octanol–water partition coefficient (Wildman–Crippen LogP) is 1.93. The van der Waals surface area contributed by atoms with E-state index < -0.39 is 0 Å². The summed E-state index contributed by atoms with van der Waals surface area (Å²) in [7, 11) is 0. The summed E-state index contributed by atoms with van der Waals surface area (Å²) in [6, 6.07) is 0. The molecule has 0 saturated heterocycles. The molecule has 1 nitrogen and oxygen atoms in total. The van der Waals surface area contributed by atoms with Crippen LogP contribution in [-0.2, 0) is 4.74 Å². The van der Waals surface area contributed by atoms with Gasteiger partial charge in [-0.3, -0.25) is 0 Å². The van der Waals surface area contributed by atoms with Crippen molar-refractivity contribution in [2.45, 2.75) is 11.9 Å². The molecule has 42 valence electrons. The van der Waals surface area contributed by atoms with Gasteiger partial charge in [0.05, 0.1) is 0 Å². The molecule has 0 saturated carbocycles. The zero-order valence-electron chi connectivity index (χ0n) is 4.36. The predicted molar refractivity (Wildman–Crippen MR) is 34.5 cm³/mol. The van der Waals surface area contributed by atoms with Crippen LogP contribution < -0.4 is 0 Å². The van der Waals surface area contributed by atoms with Gasteiger partial charge < -0.3 is 4.74 Å². The number of rotatable bonds is 3. The van der Waals surface area contributed by atoms with Crippen molar-refractivity contribution in [2.24, 2.45) is 0 Å². The van der Waals surface area contributed by atoms with Crippen LogP contribution in [0, 0.1) is 0 Å². The molecule has 0 fully saturated rings. The van der Waals surface area contributed by atoms with Crippen LogP contribution in [0.2, 0.25) is 0 Å². The molecule has 1 unspecified atom stereocenters. The van der Waals surface area contributed by atoms with E-state index in [2.05, 4.69) is 22.5 Å². The van der Waals surface area contributed by atoms with Crippen LogP contribution in [0.1, 0.15) is 6.92 Å². The molecule has 0 N–H and O–H groups in total. The minimum Gasteiger partial charge on any atom is -0.363 e. The second-order valence-corrected chi connectivity index (χ2v) is 1.94. The zero-order chi connectivity index (χ0) is 5.70. The molecule has 0 aliphatic heterocycles. The van der Waals surface area contributed by atoms with Crippen molar-refractivity contribution < 1.29 is 4.74 Å². The molecular weight excluding hydrogens is 156 g/mol.